The van der Waals surface area contributed by atoms with E-state index in [1.54, 1.807) is 0 Å². The van der Waals surface area contributed by atoms with Gasteiger partial charge in [-0.25, -0.2) is 9.59 Å². The molecule has 0 fully saturated rings. The number of esters is 1. The van der Waals surface area contributed by atoms with Gasteiger partial charge in [0.15, 0.2) is 40.5 Å². The van der Waals surface area contributed by atoms with E-state index < -0.39 is 47.3 Å². The highest BCUT2D eigenvalue weighted by Crippen LogP contribution is 2.34. The van der Waals surface area contributed by atoms with E-state index in [4.69, 9.17) is 27.0 Å². The Morgan fingerprint density at radius 2 is 1.40 bits per heavy atom. The second kappa shape index (κ2) is 17.9. The number of aliphatic imine (C=N–C) groups is 1. The van der Waals surface area contributed by atoms with Gasteiger partial charge in [0.25, 0.3) is 0 Å². The van der Waals surface area contributed by atoms with Crippen LogP contribution in [-0.4, -0.2) is 83.4 Å². The highest BCUT2D eigenvalue weighted by Gasteiger charge is 2.22. The van der Waals surface area contributed by atoms with Crippen molar-refractivity contribution < 1.29 is 60.0 Å². The van der Waals surface area contributed by atoms with E-state index in [0.29, 0.717) is 30.5 Å². The van der Waals surface area contributed by atoms with Gasteiger partial charge in [0, 0.05) is 24.6 Å². The minimum absolute atomic E-state index is 0.0129. The van der Waals surface area contributed by atoms with Gasteiger partial charge in [0.05, 0.1) is 0 Å². The van der Waals surface area contributed by atoms with Crippen LogP contribution in [0.4, 0.5) is 0 Å². The first-order valence-electron chi connectivity index (χ1n) is 14.0. The number of rotatable bonds is 13. The molecule has 16 nitrogen and oxygen atoms in total. The number of carboxylic acids is 2. The molecule has 3 aromatic carbocycles. The van der Waals surface area contributed by atoms with E-state index >= 15 is 0 Å². The third-order valence-electron chi connectivity index (χ3n) is 6.35. The molecule has 0 radical (unpaired) electrons. The Bertz CT molecular complexity index is 1700. The Morgan fingerprint density at radius 3 is 1.98 bits per heavy atom. The summed E-state index contributed by atoms with van der Waals surface area (Å²) in [5.74, 6) is -5.81. The summed E-state index contributed by atoms with van der Waals surface area (Å²) in [6.45, 7) is 0.420. The summed E-state index contributed by atoms with van der Waals surface area (Å²) in [6.07, 6.45) is 4.19. The Labute approximate surface area is 273 Å². The summed E-state index contributed by atoms with van der Waals surface area (Å²) in [5, 5.41) is 75.9. The molecule has 0 aliphatic rings. The van der Waals surface area contributed by atoms with Crippen LogP contribution in [0.15, 0.2) is 59.6 Å². The number of aliphatic carboxylic acids is 2. The maximum Gasteiger partial charge on any atom is 0.345 e. The van der Waals surface area contributed by atoms with Gasteiger partial charge in [0.1, 0.15) is 6.04 Å². The number of carbonyl (C=O) groups excluding carboxylic acids is 1. The number of carbonyl (C=O) groups is 3. The van der Waals surface area contributed by atoms with Crippen molar-refractivity contribution in [1.82, 2.24) is 0 Å². The number of carboxylic acid groups (broad SMARTS) is 2. The van der Waals surface area contributed by atoms with Crippen molar-refractivity contribution in [2.45, 2.75) is 31.4 Å². The van der Waals surface area contributed by atoms with Crippen molar-refractivity contribution in [3.05, 3.63) is 76.9 Å². The maximum atomic E-state index is 12.3. The van der Waals surface area contributed by atoms with E-state index in [2.05, 4.69) is 4.99 Å². The van der Waals surface area contributed by atoms with Crippen LogP contribution in [0.5, 0.6) is 34.5 Å². The van der Waals surface area contributed by atoms with Crippen molar-refractivity contribution in [2.24, 2.45) is 22.2 Å². The topological polar surface area (TPSA) is 313 Å². The van der Waals surface area contributed by atoms with Crippen LogP contribution in [0.1, 0.15) is 35.1 Å². The fraction of sp³-hybridized carbons (Fsp3) is 0.188. The fourth-order valence-electron chi connectivity index (χ4n) is 3.83. The molecule has 0 aromatic heterocycles. The standard InChI is InChI=1S/C26H22O10.C6H14N4O2/c27-18-7-2-14(11-21(18)30)1-6-17-16(4-9-20(29)25(17)33)5-10-24(32)36-23(26(34)35)13-15-3-8-19(28)22(31)12-15;7-4(5(11)12)2-1-3-10-6(8)9/h1-12,23,27-31,33H,13H2,(H,34,35);4H,1-3,7H2,(H,11,12)(H4,8,9,10)/b6-1+,10-5-;/t23-;4-/m00/s1. The molecule has 0 unspecified atom stereocenters. The average molecular weight is 669 g/mol. The predicted molar refractivity (Wildman–Crippen MR) is 174 cm³/mol. The summed E-state index contributed by atoms with van der Waals surface area (Å²) >= 11 is 0. The van der Waals surface area contributed by atoms with Gasteiger partial charge < -0.3 is 62.8 Å². The molecule has 0 bridgehead atoms. The molecule has 0 aliphatic carbocycles. The molecule has 14 N–H and O–H groups in total. The lowest BCUT2D eigenvalue weighted by molar-refractivity contribution is -0.160. The molecule has 2 atom stereocenters. The number of phenolic OH excluding ortho intramolecular Hbond substituents is 6. The third kappa shape index (κ3) is 12.2. The van der Waals surface area contributed by atoms with Crippen LogP contribution >= 0.6 is 0 Å². The van der Waals surface area contributed by atoms with Gasteiger partial charge >= 0.3 is 17.9 Å². The molecule has 48 heavy (non-hydrogen) atoms. The number of ether oxygens (including phenoxy) is 1. The lowest BCUT2D eigenvalue weighted by atomic mass is 10.0. The van der Waals surface area contributed by atoms with Crippen LogP contribution in [0.25, 0.3) is 18.2 Å². The monoisotopic (exact) mass is 668 g/mol. The molecular weight excluding hydrogens is 632 g/mol. The largest absolute Gasteiger partial charge is 0.504 e. The number of guanidine groups is 1. The fourth-order valence-corrected chi connectivity index (χ4v) is 3.83. The lowest BCUT2D eigenvalue weighted by Crippen LogP contribution is -2.30. The minimum atomic E-state index is -1.58. The Hall–Kier alpha value is -6.42. The van der Waals surface area contributed by atoms with Gasteiger partial charge in [-0.1, -0.05) is 24.3 Å². The average Bonchev–Trinajstić information content (AvgIpc) is 3.02. The van der Waals surface area contributed by atoms with E-state index in [-0.39, 0.29) is 40.8 Å². The molecule has 0 heterocycles. The molecule has 0 amide bonds. The Kier molecular flexibility index (Phi) is 14.1. The van der Waals surface area contributed by atoms with Crippen molar-refractivity contribution >= 4 is 42.1 Å². The molecule has 0 aliphatic heterocycles. The van der Waals surface area contributed by atoms with E-state index in [0.717, 1.165) is 12.1 Å². The highest BCUT2D eigenvalue weighted by atomic mass is 16.6. The number of hydrogen-bond acceptors (Lipinski definition) is 12. The second-order valence-electron chi connectivity index (χ2n) is 10.0. The number of phenols is 6. The molecular formula is C32H36N4O12. The highest BCUT2D eigenvalue weighted by molar-refractivity contribution is 5.91. The molecule has 0 spiro atoms. The zero-order valence-electron chi connectivity index (χ0n) is 25.3. The van der Waals surface area contributed by atoms with Crippen LogP contribution in [-0.2, 0) is 25.5 Å². The third-order valence-corrected chi connectivity index (χ3v) is 6.35. The molecule has 256 valence electrons. The number of benzene rings is 3. The summed E-state index contributed by atoms with van der Waals surface area (Å²) in [5.41, 5.74) is 16.5. The smallest absolute Gasteiger partial charge is 0.345 e. The van der Waals surface area contributed by atoms with Gasteiger partial charge in [-0.3, -0.25) is 9.79 Å². The van der Waals surface area contributed by atoms with E-state index in [1.165, 1.54) is 60.7 Å². The minimum Gasteiger partial charge on any atom is -0.504 e. The van der Waals surface area contributed by atoms with Gasteiger partial charge in [-0.15, -0.1) is 0 Å². The zero-order valence-corrected chi connectivity index (χ0v) is 25.3. The summed E-state index contributed by atoms with van der Waals surface area (Å²) in [7, 11) is 0. The number of nitrogens with zero attached hydrogens (tertiary/aromatic N) is 1. The number of aromatic hydroxyl groups is 6. The lowest BCUT2D eigenvalue weighted by Gasteiger charge is -2.13. The molecule has 3 rings (SSSR count). The zero-order chi connectivity index (χ0) is 36.0. The first-order valence-corrected chi connectivity index (χ1v) is 14.0. The quantitative estimate of drug-likeness (QED) is 0.0235. The molecule has 3 aromatic rings. The van der Waals surface area contributed by atoms with E-state index in [1.807, 2.05) is 0 Å². The van der Waals surface area contributed by atoms with Crippen LogP contribution < -0.4 is 17.2 Å². The first-order chi connectivity index (χ1) is 22.6. The molecule has 0 saturated heterocycles. The molecule has 16 heteroatoms. The van der Waals surface area contributed by atoms with E-state index in [9.17, 15) is 50.1 Å². The Balaban J connectivity index is 0.000000567. The second-order valence-corrected chi connectivity index (χ2v) is 10.0. The van der Waals surface area contributed by atoms with Crippen LogP contribution in [0, 0.1) is 0 Å². The van der Waals surface area contributed by atoms with Crippen molar-refractivity contribution in [2.75, 3.05) is 6.54 Å². The van der Waals surface area contributed by atoms with Crippen LogP contribution in [0.2, 0.25) is 0 Å². The van der Waals surface area contributed by atoms with Crippen molar-refractivity contribution in [3.63, 3.8) is 0 Å². The first kappa shape index (κ1) is 37.8. The normalized spacial score (nSPS) is 12.1. The van der Waals surface area contributed by atoms with Gasteiger partial charge in [-0.2, -0.15) is 0 Å². The number of nitrogens with two attached hydrogens (primary N) is 3. The van der Waals surface area contributed by atoms with Crippen molar-refractivity contribution in [1.29, 1.82) is 0 Å². The SMILES string of the molecule is NC(N)=NCCC[C@H](N)C(=O)O.O=C(/C=C\c1ccc(O)c(O)c1/C=C/c1ccc(O)c(O)c1)O[C@@H](Cc1ccc(O)c(O)c1)C(=O)O. The Morgan fingerprint density at radius 1 is 0.771 bits per heavy atom. The molecule has 0 saturated carbocycles. The summed E-state index contributed by atoms with van der Waals surface area (Å²) < 4.78 is 5.00. The summed E-state index contributed by atoms with van der Waals surface area (Å²) in [4.78, 5) is 37.8. The van der Waals surface area contributed by atoms with Crippen LogP contribution in [0.3, 0.4) is 0 Å². The summed E-state index contributed by atoms with van der Waals surface area (Å²) in [6, 6.07) is 9.53. The van der Waals surface area contributed by atoms with Crippen molar-refractivity contribution in [3.8, 4) is 34.5 Å². The number of hydrogen-bond donors (Lipinski definition) is 11. The predicted octanol–water partition coefficient (Wildman–Crippen LogP) is 1.79. The van der Waals surface area contributed by atoms with Gasteiger partial charge in [0.2, 0.25) is 6.10 Å². The van der Waals surface area contributed by atoms with Gasteiger partial charge in [-0.05, 0) is 72.0 Å². The maximum absolute atomic E-state index is 12.3.